The van der Waals surface area contributed by atoms with Crippen molar-refractivity contribution in [3.63, 3.8) is 0 Å². The highest BCUT2D eigenvalue weighted by Crippen LogP contribution is 2.12. The lowest BCUT2D eigenvalue weighted by Gasteiger charge is -2.01. The molecule has 0 atom stereocenters. The van der Waals surface area contributed by atoms with Crippen LogP contribution in [0, 0.1) is 0 Å². The molecule has 0 saturated heterocycles. The Morgan fingerprint density at radius 1 is 1.37 bits per heavy atom. The van der Waals surface area contributed by atoms with E-state index in [0.717, 1.165) is 10.0 Å². The number of hydrogen-bond acceptors (Lipinski definition) is 4. The molecule has 19 heavy (non-hydrogen) atoms. The zero-order chi connectivity index (χ0) is 14.3. The van der Waals surface area contributed by atoms with Crippen molar-refractivity contribution >= 4 is 39.9 Å². The number of amides is 3. The second-order valence-corrected chi connectivity index (χ2v) is 4.32. The van der Waals surface area contributed by atoms with Gasteiger partial charge in [0.1, 0.15) is 0 Å². The van der Waals surface area contributed by atoms with Crippen LogP contribution >= 0.6 is 15.9 Å². The average molecular weight is 327 g/mol. The van der Waals surface area contributed by atoms with E-state index >= 15 is 0 Å². The van der Waals surface area contributed by atoms with E-state index in [0.29, 0.717) is 0 Å². The Labute approximate surface area is 117 Å². The number of benzene rings is 1. The van der Waals surface area contributed by atoms with Crippen LogP contribution in [0.4, 0.5) is 4.79 Å². The van der Waals surface area contributed by atoms with Gasteiger partial charge in [-0.25, -0.2) is 9.59 Å². The normalized spacial score (nSPS) is 10.2. The maximum absolute atomic E-state index is 11.3. The summed E-state index contributed by atoms with van der Waals surface area (Å²) in [5.41, 5.74) is 5.52. The first-order valence-electron chi connectivity index (χ1n) is 5.17. The summed E-state index contributed by atoms with van der Waals surface area (Å²) in [6.07, 6.45) is 2.72. The minimum Gasteiger partial charge on any atom is -0.452 e. The summed E-state index contributed by atoms with van der Waals surface area (Å²) in [6, 6.07) is 6.28. The number of esters is 1. The molecular weight excluding hydrogens is 316 g/mol. The number of halogens is 1. The second kappa shape index (κ2) is 7.32. The molecule has 0 fully saturated rings. The lowest BCUT2D eigenvalue weighted by atomic mass is 10.2. The Morgan fingerprint density at radius 3 is 2.74 bits per heavy atom. The fraction of sp³-hybridized carbons (Fsp3) is 0.0833. The van der Waals surface area contributed by atoms with Gasteiger partial charge in [-0.1, -0.05) is 28.1 Å². The van der Waals surface area contributed by atoms with E-state index in [1.54, 1.807) is 17.5 Å². The molecule has 0 bridgehead atoms. The monoisotopic (exact) mass is 326 g/mol. The van der Waals surface area contributed by atoms with Gasteiger partial charge in [0, 0.05) is 10.5 Å². The molecule has 0 aliphatic carbocycles. The van der Waals surface area contributed by atoms with Gasteiger partial charge in [-0.3, -0.25) is 10.1 Å². The summed E-state index contributed by atoms with van der Waals surface area (Å²) in [5, 5.41) is 1.77. The second-order valence-electron chi connectivity index (χ2n) is 3.41. The van der Waals surface area contributed by atoms with Crippen LogP contribution in [-0.2, 0) is 14.3 Å². The molecule has 0 heterocycles. The third kappa shape index (κ3) is 6.37. The number of rotatable bonds is 4. The Hall–Kier alpha value is -2.15. The number of ether oxygens (including phenoxy) is 1. The molecule has 0 aliphatic heterocycles. The highest BCUT2D eigenvalue weighted by atomic mass is 79.9. The fourth-order valence-corrected chi connectivity index (χ4v) is 1.55. The van der Waals surface area contributed by atoms with Crippen LogP contribution in [-0.4, -0.2) is 24.5 Å². The van der Waals surface area contributed by atoms with E-state index in [2.05, 4.69) is 20.7 Å². The molecule has 3 N–H and O–H groups in total. The largest absolute Gasteiger partial charge is 0.452 e. The lowest BCUT2D eigenvalue weighted by molar-refractivity contribution is -0.143. The van der Waals surface area contributed by atoms with Crippen molar-refractivity contribution in [1.29, 1.82) is 0 Å². The van der Waals surface area contributed by atoms with E-state index < -0.39 is 24.5 Å². The Bertz CT molecular complexity index is 528. The number of nitrogens with two attached hydrogens (primary N) is 1. The van der Waals surface area contributed by atoms with E-state index in [9.17, 15) is 14.4 Å². The summed E-state index contributed by atoms with van der Waals surface area (Å²) < 4.78 is 5.48. The quantitative estimate of drug-likeness (QED) is 0.641. The first kappa shape index (κ1) is 14.9. The van der Waals surface area contributed by atoms with Gasteiger partial charge in [-0.05, 0) is 23.8 Å². The van der Waals surface area contributed by atoms with Crippen molar-refractivity contribution in [2.24, 2.45) is 5.73 Å². The molecule has 0 aliphatic rings. The van der Waals surface area contributed by atoms with Crippen molar-refractivity contribution < 1.29 is 19.1 Å². The number of imide groups is 1. The fourth-order valence-electron chi connectivity index (χ4n) is 1.13. The summed E-state index contributed by atoms with van der Waals surface area (Å²) in [6.45, 7) is -0.565. The summed E-state index contributed by atoms with van der Waals surface area (Å²) in [7, 11) is 0. The van der Waals surface area contributed by atoms with Crippen molar-refractivity contribution in [3.8, 4) is 0 Å². The third-order valence-electron chi connectivity index (χ3n) is 1.87. The Balaban J connectivity index is 2.43. The van der Waals surface area contributed by atoms with E-state index in [4.69, 9.17) is 5.73 Å². The standard InChI is InChI=1S/C12H11BrN2O4/c13-9-3-1-2-8(6-9)4-5-11(17)19-7-10(16)15-12(14)18/h1-6H,7H2,(H3,14,15,16,18)/b5-4+. The van der Waals surface area contributed by atoms with Crippen molar-refractivity contribution in [2.75, 3.05) is 6.61 Å². The number of urea groups is 1. The zero-order valence-corrected chi connectivity index (χ0v) is 11.3. The lowest BCUT2D eigenvalue weighted by Crippen LogP contribution is -2.37. The third-order valence-corrected chi connectivity index (χ3v) is 2.36. The molecule has 3 amide bonds. The molecule has 1 aromatic carbocycles. The average Bonchev–Trinajstić information content (AvgIpc) is 2.33. The number of carbonyl (C=O) groups is 3. The Morgan fingerprint density at radius 2 is 2.11 bits per heavy atom. The molecule has 100 valence electrons. The van der Waals surface area contributed by atoms with E-state index in [-0.39, 0.29) is 0 Å². The molecule has 0 radical (unpaired) electrons. The van der Waals surface area contributed by atoms with Gasteiger partial charge in [0.25, 0.3) is 5.91 Å². The molecule has 1 aromatic rings. The predicted molar refractivity (Wildman–Crippen MR) is 71.9 cm³/mol. The van der Waals surface area contributed by atoms with Crippen LogP contribution in [0.1, 0.15) is 5.56 Å². The van der Waals surface area contributed by atoms with Crippen molar-refractivity contribution in [2.45, 2.75) is 0 Å². The molecule has 0 saturated carbocycles. The van der Waals surface area contributed by atoms with Crippen LogP contribution in [0.3, 0.4) is 0 Å². The van der Waals surface area contributed by atoms with Gasteiger partial charge in [0.05, 0.1) is 0 Å². The van der Waals surface area contributed by atoms with Gasteiger partial charge in [-0.15, -0.1) is 0 Å². The molecule has 0 unspecified atom stereocenters. The highest BCUT2D eigenvalue weighted by molar-refractivity contribution is 9.10. The minimum atomic E-state index is -0.995. The van der Waals surface area contributed by atoms with Crippen LogP contribution in [0.25, 0.3) is 6.08 Å². The van der Waals surface area contributed by atoms with Gasteiger partial charge >= 0.3 is 12.0 Å². The topological polar surface area (TPSA) is 98.5 Å². The van der Waals surface area contributed by atoms with Gasteiger partial charge in [0.2, 0.25) is 0 Å². The highest BCUT2D eigenvalue weighted by Gasteiger charge is 2.06. The first-order chi connectivity index (χ1) is 8.97. The predicted octanol–water partition coefficient (Wildman–Crippen LogP) is 1.20. The SMILES string of the molecule is NC(=O)NC(=O)COC(=O)/C=C/c1cccc(Br)c1. The number of primary amides is 1. The van der Waals surface area contributed by atoms with Gasteiger partial charge in [0.15, 0.2) is 6.61 Å². The Kier molecular flexibility index (Phi) is 5.74. The molecule has 7 heteroatoms. The van der Waals surface area contributed by atoms with E-state index in [1.807, 2.05) is 18.2 Å². The maximum Gasteiger partial charge on any atom is 0.331 e. The molecule has 1 rings (SSSR count). The molecular formula is C12H11BrN2O4. The summed E-state index contributed by atoms with van der Waals surface area (Å²) in [4.78, 5) is 32.6. The minimum absolute atomic E-state index is 0.565. The van der Waals surface area contributed by atoms with Crippen LogP contribution < -0.4 is 11.1 Å². The van der Waals surface area contributed by atoms with Crippen LogP contribution in [0.2, 0.25) is 0 Å². The summed E-state index contributed by atoms with van der Waals surface area (Å²) in [5.74, 6) is -1.48. The molecule has 6 nitrogen and oxygen atoms in total. The molecule has 0 spiro atoms. The maximum atomic E-state index is 11.3. The number of hydrogen-bond donors (Lipinski definition) is 2. The zero-order valence-electron chi connectivity index (χ0n) is 9.76. The van der Waals surface area contributed by atoms with Crippen molar-refractivity contribution in [3.05, 3.63) is 40.4 Å². The molecule has 0 aromatic heterocycles. The first-order valence-corrected chi connectivity index (χ1v) is 5.96. The van der Waals surface area contributed by atoms with Crippen LogP contribution in [0.5, 0.6) is 0 Å². The van der Waals surface area contributed by atoms with Gasteiger partial charge < -0.3 is 10.5 Å². The summed E-state index contributed by atoms with van der Waals surface area (Å²) >= 11 is 3.30. The number of nitrogens with one attached hydrogen (secondary N) is 1. The smallest absolute Gasteiger partial charge is 0.331 e. The number of carbonyl (C=O) groups excluding carboxylic acids is 3. The van der Waals surface area contributed by atoms with Gasteiger partial charge in [-0.2, -0.15) is 0 Å². The van der Waals surface area contributed by atoms with E-state index in [1.165, 1.54) is 6.08 Å². The van der Waals surface area contributed by atoms with Crippen LogP contribution in [0.15, 0.2) is 34.8 Å². The van der Waals surface area contributed by atoms with Crippen molar-refractivity contribution in [1.82, 2.24) is 5.32 Å².